The third kappa shape index (κ3) is 5.07. The number of nitrogens with two attached hydrogens (primary N) is 1. The number of amidine groups is 1. The van der Waals surface area contributed by atoms with Crippen molar-refractivity contribution >= 4 is 11.7 Å². The van der Waals surface area contributed by atoms with Gasteiger partial charge < -0.3 is 21.6 Å². The van der Waals surface area contributed by atoms with Crippen LogP contribution in [0.3, 0.4) is 0 Å². The van der Waals surface area contributed by atoms with Crippen LogP contribution in [-0.4, -0.2) is 30.0 Å². The van der Waals surface area contributed by atoms with Crippen molar-refractivity contribution in [2.75, 3.05) is 13.1 Å². The maximum atomic E-state index is 11.5. The van der Waals surface area contributed by atoms with E-state index in [4.69, 9.17) is 10.9 Å². The first kappa shape index (κ1) is 15.3. The molecular weight excluding hydrogens is 268 g/mol. The van der Waals surface area contributed by atoms with Gasteiger partial charge in [-0.2, -0.15) is 0 Å². The topological polar surface area (TPSA) is 99.7 Å². The number of benzene rings is 1. The van der Waals surface area contributed by atoms with Gasteiger partial charge in [-0.3, -0.25) is 4.79 Å². The monoisotopic (exact) mass is 290 g/mol. The van der Waals surface area contributed by atoms with Crippen LogP contribution >= 0.6 is 0 Å². The van der Waals surface area contributed by atoms with Crippen molar-refractivity contribution in [2.45, 2.75) is 25.3 Å². The van der Waals surface area contributed by atoms with Gasteiger partial charge in [0, 0.05) is 31.5 Å². The van der Waals surface area contributed by atoms with Crippen LogP contribution in [-0.2, 0) is 4.79 Å². The summed E-state index contributed by atoms with van der Waals surface area (Å²) in [7, 11) is 0. The van der Waals surface area contributed by atoms with Gasteiger partial charge in [0.2, 0.25) is 5.91 Å². The zero-order valence-electron chi connectivity index (χ0n) is 12.0. The quantitative estimate of drug-likeness (QED) is 0.188. The molecule has 1 fully saturated rings. The fourth-order valence-electron chi connectivity index (χ4n) is 2.17. The Bertz CT molecular complexity index is 486. The summed E-state index contributed by atoms with van der Waals surface area (Å²) >= 11 is 0. The highest BCUT2D eigenvalue weighted by Gasteiger charge is 2.29. The van der Waals surface area contributed by atoms with Crippen LogP contribution in [0.4, 0.5) is 0 Å². The molecule has 1 atom stereocenters. The molecule has 6 nitrogen and oxygen atoms in total. The van der Waals surface area contributed by atoms with Crippen molar-refractivity contribution in [3.8, 4) is 0 Å². The van der Waals surface area contributed by atoms with E-state index < -0.39 is 0 Å². The highest BCUT2D eigenvalue weighted by Crippen LogP contribution is 2.28. The molecule has 21 heavy (non-hydrogen) atoms. The van der Waals surface area contributed by atoms with Crippen molar-refractivity contribution in [1.29, 1.82) is 0 Å². The highest BCUT2D eigenvalue weighted by atomic mass is 16.4. The molecule has 2 rings (SSSR count). The van der Waals surface area contributed by atoms with Crippen LogP contribution in [0.1, 0.15) is 30.9 Å². The summed E-state index contributed by atoms with van der Waals surface area (Å²) in [4.78, 5) is 11.5. The molecule has 1 aromatic carbocycles. The third-order valence-electron chi connectivity index (χ3n) is 3.51. The van der Waals surface area contributed by atoms with Crippen LogP contribution in [0, 0.1) is 5.92 Å². The largest absolute Gasteiger partial charge is 0.409 e. The highest BCUT2D eigenvalue weighted by molar-refractivity contribution is 5.81. The van der Waals surface area contributed by atoms with E-state index >= 15 is 0 Å². The van der Waals surface area contributed by atoms with Crippen molar-refractivity contribution in [2.24, 2.45) is 16.8 Å². The van der Waals surface area contributed by atoms with Crippen LogP contribution in [0.5, 0.6) is 0 Å². The van der Waals surface area contributed by atoms with Crippen molar-refractivity contribution in [3.63, 3.8) is 0 Å². The number of carbonyl (C=O) groups is 1. The minimum Gasteiger partial charge on any atom is -0.409 e. The Morgan fingerprint density at radius 2 is 2.05 bits per heavy atom. The summed E-state index contributed by atoms with van der Waals surface area (Å²) in [5.74, 6) is 0.551. The average Bonchev–Trinajstić information content (AvgIpc) is 3.35. The summed E-state index contributed by atoms with van der Waals surface area (Å²) in [6.45, 7) is 1.21. The first-order valence-corrected chi connectivity index (χ1v) is 7.23. The Balaban J connectivity index is 1.82. The zero-order valence-corrected chi connectivity index (χ0v) is 12.0. The average molecular weight is 290 g/mol. The SMILES string of the molecule is N/C(CC(NCCNC(=O)C1CC1)c1ccccc1)=N/O. The molecular formula is C15H22N4O2. The molecule has 1 aliphatic carbocycles. The number of nitrogens with zero attached hydrogens (tertiary/aromatic N) is 1. The first-order valence-electron chi connectivity index (χ1n) is 7.23. The second kappa shape index (κ2) is 7.64. The molecule has 1 saturated carbocycles. The van der Waals surface area contributed by atoms with Gasteiger partial charge >= 0.3 is 0 Å². The number of oxime groups is 1. The normalized spacial score (nSPS) is 16.5. The number of hydrogen-bond donors (Lipinski definition) is 4. The lowest BCUT2D eigenvalue weighted by molar-refractivity contribution is -0.122. The van der Waals surface area contributed by atoms with E-state index in [1.54, 1.807) is 0 Å². The predicted molar refractivity (Wildman–Crippen MR) is 80.9 cm³/mol. The first-order chi connectivity index (χ1) is 10.2. The van der Waals surface area contributed by atoms with E-state index in [0.717, 1.165) is 18.4 Å². The number of amides is 1. The van der Waals surface area contributed by atoms with E-state index in [-0.39, 0.29) is 23.7 Å². The Morgan fingerprint density at radius 3 is 2.67 bits per heavy atom. The lowest BCUT2D eigenvalue weighted by Gasteiger charge is -2.19. The van der Waals surface area contributed by atoms with Gasteiger partial charge in [-0.15, -0.1) is 0 Å². The number of rotatable bonds is 8. The second-order valence-corrected chi connectivity index (χ2v) is 5.28. The van der Waals surface area contributed by atoms with Crippen LogP contribution < -0.4 is 16.4 Å². The predicted octanol–water partition coefficient (Wildman–Crippen LogP) is 0.980. The molecule has 114 valence electrons. The molecule has 5 N–H and O–H groups in total. The molecule has 1 amide bonds. The molecule has 0 saturated heterocycles. The zero-order chi connectivity index (χ0) is 15.1. The Kier molecular flexibility index (Phi) is 5.57. The van der Waals surface area contributed by atoms with Gasteiger partial charge in [0.15, 0.2) is 0 Å². The number of hydrogen-bond acceptors (Lipinski definition) is 4. The van der Waals surface area contributed by atoms with Gasteiger partial charge in [-0.25, -0.2) is 0 Å². The van der Waals surface area contributed by atoms with E-state index in [2.05, 4.69) is 15.8 Å². The minimum atomic E-state index is -0.0417. The summed E-state index contributed by atoms with van der Waals surface area (Å²) in [6.07, 6.45) is 2.43. The van der Waals surface area contributed by atoms with Crippen molar-refractivity contribution < 1.29 is 10.0 Å². The lowest BCUT2D eigenvalue weighted by Crippen LogP contribution is -2.35. The van der Waals surface area contributed by atoms with E-state index in [9.17, 15) is 4.79 Å². The summed E-state index contributed by atoms with van der Waals surface area (Å²) in [6, 6.07) is 9.78. The van der Waals surface area contributed by atoms with Gasteiger partial charge in [0.05, 0.1) is 0 Å². The van der Waals surface area contributed by atoms with E-state index in [1.165, 1.54) is 0 Å². The molecule has 1 aliphatic rings. The molecule has 1 unspecified atom stereocenters. The van der Waals surface area contributed by atoms with E-state index in [0.29, 0.717) is 19.5 Å². The molecule has 0 aliphatic heterocycles. The molecule has 1 aromatic rings. The standard InChI is InChI=1S/C15H22N4O2/c16-14(19-21)10-13(11-4-2-1-3-5-11)17-8-9-18-15(20)12-6-7-12/h1-5,12-13,17,21H,6-10H2,(H2,16,19)(H,18,20). The summed E-state index contributed by atoms with van der Waals surface area (Å²) in [5, 5.41) is 18.0. The third-order valence-corrected chi connectivity index (χ3v) is 3.51. The van der Waals surface area contributed by atoms with Gasteiger partial charge in [0.25, 0.3) is 0 Å². The fraction of sp³-hybridized carbons (Fsp3) is 0.467. The van der Waals surface area contributed by atoms with Crippen LogP contribution in [0.25, 0.3) is 0 Å². The smallest absolute Gasteiger partial charge is 0.223 e. The lowest BCUT2D eigenvalue weighted by atomic mass is 10.0. The molecule has 0 heterocycles. The Morgan fingerprint density at radius 1 is 1.33 bits per heavy atom. The molecule has 0 radical (unpaired) electrons. The number of carbonyl (C=O) groups excluding carboxylic acids is 1. The second-order valence-electron chi connectivity index (χ2n) is 5.28. The van der Waals surface area contributed by atoms with Gasteiger partial charge in [-0.05, 0) is 18.4 Å². The van der Waals surface area contributed by atoms with Crippen LogP contribution in [0.15, 0.2) is 35.5 Å². The van der Waals surface area contributed by atoms with Gasteiger partial charge in [-0.1, -0.05) is 35.5 Å². The maximum absolute atomic E-state index is 11.5. The Hall–Kier alpha value is -2.08. The Labute approximate surface area is 124 Å². The molecule has 0 bridgehead atoms. The summed E-state index contributed by atoms with van der Waals surface area (Å²) < 4.78 is 0. The van der Waals surface area contributed by atoms with E-state index in [1.807, 2.05) is 30.3 Å². The van der Waals surface area contributed by atoms with Gasteiger partial charge in [0.1, 0.15) is 5.84 Å². The fourth-order valence-corrected chi connectivity index (χ4v) is 2.17. The molecule has 0 spiro atoms. The maximum Gasteiger partial charge on any atom is 0.223 e. The number of nitrogens with one attached hydrogen (secondary N) is 2. The van der Waals surface area contributed by atoms with Crippen LogP contribution in [0.2, 0.25) is 0 Å². The summed E-state index contributed by atoms with van der Waals surface area (Å²) in [5.41, 5.74) is 6.67. The van der Waals surface area contributed by atoms with Crippen molar-refractivity contribution in [3.05, 3.63) is 35.9 Å². The van der Waals surface area contributed by atoms with Crippen molar-refractivity contribution in [1.82, 2.24) is 10.6 Å². The molecule has 6 heteroatoms. The molecule has 0 aromatic heterocycles. The minimum absolute atomic E-state index is 0.0417.